The van der Waals surface area contributed by atoms with Crippen LogP contribution in [0.25, 0.3) is 0 Å². The number of sulfone groups is 1. The molecule has 0 N–H and O–H groups in total. The van der Waals surface area contributed by atoms with Crippen LogP contribution in [-0.2, 0) is 9.84 Å². The fraction of sp³-hybridized carbons (Fsp3) is 1.00. The van der Waals surface area contributed by atoms with Crippen LogP contribution in [0.2, 0.25) is 0 Å². The Hall–Kier alpha value is -0.0500. The molecule has 0 aromatic carbocycles. The molecule has 0 aromatic heterocycles. The van der Waals surface area contributed by atoms with E-state index < -0.39 is 9.84 Å². The molecule has 0 bridgehead atoms. The minimum absolute atomic E-state index is 0.348. The average Bonchev–Trinajstić information content (AvgIpc) is 1.88. The Morgan fingerprint density at radius 3 is 1.25 bits per heavy atom. The molecule has 3 heteroatoms. The fourth-order valence-electron chi connectivity index (χ4n) is 0.724. The van der Waals surface area contributed by atoms with E-state index in [4.69, 9.17) is 0 Å². The molecule has 0 atom stereocenters. The first-order chi connectivity index (χ1) is 5.54. The Morgan fingerprint density at radius 1 is 0.833 bits per heavy atom. The first kappa shape index (κ1) is 14.5. The van der Waals surface area contributed by atoms with Gasteiger partial charge in [-0.3, -0.25) is 0 Å². The highest BCUT2D eigenvalue weighted by atomic mass is 32.2. The van der Waals surface area contributed by atoms with E-state index in [9.17, 15) is 8.42 Å². The summed E-state index contributed by atoms with van der Waals surface area (Å²) in [5.74, 6) is 0.696. The van der Waals surface area contributed by atoms with E-state index in [2.05, 4.69) is 13.8 Å². The van der Waals surface area contributed by atoms with Crippen molar-refractivity contribution in [3.63, 3.8) is 0 Å². The normalized spacial score (nSPS) is 10.3. The zero-order valence-electron chi connectivity index (χ0n) is 8.76. The zero-order chi connectivity index (χ0) is 10.0. The van der Waals surface area contributed by atoms with E-state index in [0.29, 0.717) is 11.5 Å². The molecule has 0 fully saturated rings. The molecule has 0 saturated carbocycles. The van der Waals surface area contributed by atoms with Crippen molar-refractivity contribution in [2.24, 2.45) is 0 Å². The van der Waals surface area contributed by atoms with Crippen LogP contribution in [0.15, 0.2) is 0 Å². The third-order valence-electron chi connectivity index (χ3n) is 1.03. The molecule has 0 rings (SSSR count). The SMILES string of the molecule is CCC.CCCS(=O)(=O)CCC. The van der Waals surface area contributed by atoms with Crippen LogP contribution in [0, 0.1) is 0 Å². The molecule has 0 saturated heterocycles. The van der Waals surface area contributed by atoms with Crippen LogP contribution in [0.4, 0.5) is 0 Å². The maximum Gasteiger partial charge on any atom is 0.150 e. The molecule has 0 aromatic rings. The Bertz CT molecular complexity index is 147. The molecular formula is C9H22O2S. The Kier molecular flexibility index (Phi) is 10.9. The summed E-state index contributed by atoms with van der Waals surface area (Å²) in [7, 11) is -2.68. The second-order valence-electron chi connectivity index (χ2n) is 2.86. The lowest BCUT2D eigenvalue weighted by Crippen LogP contribution is -2.08. The van der Waals surface area contributed by atoms with Crippen molar-refractivity contribution in [1.29, 1.82) is 0 Å². The van der Waals surface area contributed by atoms with Gasteiger partial charge in [-0.2, -0.15) is 0 Å². The molecule has 0 aliphatic heterocycles. The van der Waals surface area contributed by atoms with Gasteiger partial charge in [-0.15, -0.1) is 0 Å². The Labute approximate surface area is 77.3 Å². The van der Waals surface area contributed by atoms with Crippen LogP contribution >= 0.6 is 0 Å². The summed E-state index contributed by atoms with van der Waals surface area (Å²) in [6.45, 7) is 8.01. The quantitative estimate of drug-likeness (QED) is 0.689. The molecule has 0 amide bonds. The second-order valence-corrected chi connectivity index (χ2v) is 5.16. The van der Waals surface area contributed by atoms with Crippen molar-refractivity contribution in [1.82, 2.24) is 0 Å². The van der Waals surface area contributed by atoms with Gasteiger partial charge < -0.3 is 0 Å². The minimum Gasteiger partial charge on any atom is -0.229 e. The van der Waals surface area contributed by atoms with Gasteiger partial charge in [0.1, 0.15) is 9.84 Å². The standard InChI is InChI=1S/C6H14O2S.C3H8/c1-3-5-9(7,8)6-4-2;1-3-2/h3-6H2,1-2H3;3H2,1-2H3. The monoisotopic (exact) mass is 194 g/mol. The van der Waals surface area contributed by atoms with E-state index in [0.717, 1.165) is 12.8 Å². The topological polar surface area (TPSA) is 34.1 Å². The van der Waals surface area contributed by atoms with Gasteiger partial charge in [0.25, 0.3) is 0 Å². The van der Waals surface area contributed by atoms with E-state index in [1.807, 2.05) is 13.8 Å². The van der Waals surface area contributed by atoms with Gasteiger partial charge in [0.05, 0.1) is 0 Å². The van der Waals surface area contributed by atoms with Crippen LogP contribution in [0.5, 0.6) is 0 Å². The molecule has 0 aliphatic rings. The molecule has 0 spiro atoms. The summed E-state index contributed by atoms with van der Waals surface area (Å²) in [5.41, 5.74) is 0. The third kappa shape index (κ3) is 12.6. The molecule has 12 heavy (non-hydrogen) atoms. The lowest BCUT2D eigenvalue weighted by atomic mass is 10.6. The summed E-state index contributed by atoms with van der Waals surface area (Å²) in [5, 5.41) is 0. The third-order valence-corrected chi connectivity index (χ3v) is 3.09. The molecule has 0 aliphatic carbocycles. The van der Waals surface area contributed by atoms with Gasteiger partial charge in [0.15, 0.2) is 0 Å². The van der Waals surface area contributed by atoms with Gasteiger partial charge in [-0.25, -0.2) is 8.42 Å². The summed E-state index contributed by atoms with van der Waals surface area (Å²) in [6.07, 6.45) is 2.73. The van der Waals surface area contributed by atoms with Crippen LogP contribution < -0.4 is 0 Å². The number of hydrogen-bond donors (Lipinski definition) is 0. The average molecular weight is 194 g/mol. The van der Waals surface area contributed by atoms with Crippen molar-refractivity contribution >= 4 is 9.84 Å². The van der Waals surface area contributed by atoms with Crippen molar-refractivity contribution in [3.8, 4) is 0 Å². The fourth-order valence-corrected chi connectivity index (χ4v) is 2.17. The maximum absolute atomic E-state index is 10.8. The van der Waals surface area contributed by atoms with E-state index in [-0.39, 0.29) is 0 Å². The summed E-state index contributed by atoms with van der Waals surface area (Å²) in [4.78, 5) is 0. The van der Waals surface area contributed by atoms with Crippen LogP contribution in [0.3, 0.4) is 0 Å². The van der Waals surface area contributed by atoms with Crippen molar-refractivity contribution in [2.75, 3.05) is 11.5 Å². The van der Waals surface area contributed by atoms with E-state index in [1.165, 1.54) is 6.42 Å². The summed E-state index contributed by atoms with van der Waals surface area (Å²) >= 11 is 0. The highest BCUT2D eigenvalue weighted by Gasteiger charge is 2.05. The largest absolute Gasteiger partial charge is 0.229 e. The first-order valence-electron chi connectivity index (χ1n) is 4.74. The van der Waals surface area contributed by atoms with Crippen LogP contribution in [0.1, 0.15) is 47.0 Å². The predicted molar refractivity (Wildman–Crippen MR) is 55.2 cm³/mol. The van der Waals surface area contributed by atoms with E-state index >= 15 is 0 Å². The van der Waals surface area contributed by atoms with Gasteiger partial charge in [0, 0.05) is 11.5 Å². The Balaban J connectivity index is 0. The number of hydrogen-bond acceptors (Lipinski definition) is 2. The second kappa shape index (κ2) is 9.04. The van der Waals surface area contributed by atoms with Crippen LogP contribution in [-0.4, -0.2) is 19.9 Å². The molecule has 2 nitrogen and oxygen atoms in total. The maximum atomic E-state index is 10.8. The van der Waals surface area contributed by atoms with E-state index in [1.54, 1.807) is 0 Å². The summed E-state index contributed by atoms with van der Waals surface area (Å²) < 4.78 is 21.7. The van der Waals surface area contributed by atoms with Gasteiger partial charge in [-0.1, -0.05) is 34.1 Å². The summed E-state index contributed by atoms with van der Waals surface area (Å²) in [6, 6.07) is 0. The highest BCUT2D eigenvalue weighted by Crippen LogP contribution is 1.94. The minimum atomic E-state index is -2.68. The lowest BCUT2D eigenvalue weighted by Gasteiger charge is -1.96. The molecule has 0 radical (unpaired) electrons. The first-order valence-corrected chi connectivity index (χ1v) is 6.56. The van der Waals surface area contributed by atoms with Gasteiger partial charge in [-0.05, 0) is 12.8 Å². The van der Waals surface area contributed by atoms with Crippen molar-refractivity contribution in [3.05, 3.63) is 0 Å². The van der Waals surface area contributed by atoms with Crippen molar-refractivity contribution < 1.29 is 8.42 Å². The number of rotatable bonds is 4. The molecule has 0 heterocycles. The molecule has 0 unspecified atom stereocenters. The Morgan fingerprint density at radius 2 is 1.08 bits per heavy atom. The molecule has 76 valence electrons. The predicted octanol–water partition coefficient (Wildman–Crippen LogP) is 2.64. The highest BCUT2D eigenvalue weighted by molar-refractivity contribution is 7.91. The lowest BCUT2D eigenvalue weighted by molar-refractivity contribution is 0.593. The van der Waals surface area contributed by atoms with Crippen molar-refractivity contribution in [2.45, 2.75) is 47.0 Å². The van der Waals surface area contributed by atoms with Gasteiger partial charge >= 0.3 is 0 Å². The van der Waals surface area contributed by atoms with Gasteiger partial charge in [0.2, 0.25) is 0 Å². The molecular weight excluding hydrogens is 172 g/mol. The zero-order valence-corrected chi connectivity index (χ0v) is 9.58. The smallest absolute Gasteiger partial charge is 0.150 e.